The van der Waals surface area contributed by atoms with Crippen molar-refractivity contribution >= 4 is 17.2 Å². The number of ether oxygens (including phenoxy) is 1. The zero-order chi connectivity index (χ0) is 24.1. The van der Waals surface area contributed by atoms with E-state index in [1.807, 2.05) is 13.2 Å². The molecule has 0 atom stereocenters. The van der Waals surface area contributed by atoms with Crippen LogP contribution >= 0.6 is 11.3 Å². The molecule has 1 fully saturated rings. The first-order valence-corrected chi connectivity index (χ1v) is 12.7. The quantitative estimate of drug-likeness (QED) is 0.602. The third kappa shape index (κ3) is 7.43. The van der Waals surface area contributed by atoms with Crippen molar-refractivity contribution in [3.8, 4) is 5.19 Å². The van der Waals surface area contributed by atoms with E-state index in [9.17, 15) is 18.0 Å². The summed E-state index contributed by atoms with van der Waals surface area (Å²) in [6, 6.07) is 0.259. The summed E-state index contributed by atoms with van der Waals surface area (Å²) in [4.78, 5) is 20.1. The molecule has 4 rings (SSSR count). The number of amides is 1. The van der Waals surface area contributed by atoms with Gasteiger partial charge in [0.1, 0.15) is 0 Å². The molecule has 0 unspecified atom stereocenters. The van der Waals surface area contributed by atoms with E-state index in [4.69, 9.17) is 4.74 Å². The molecule has 3 heterocycles. The molecule has 2 aromatic rings. The number of thiazole rings is 1. The van der Waals surface area contributed by atoms with Crippen LogP contribution in [0, 0.1) is 5.92 Å². The van der Waals surface area contributed by atoms with Crippen LogP contribution in [-0.2, 0) is 31.1 Å². The van der Waals surface area contributed by atoms with Gasteiger partial charge in [-0.25, -0.2) is 4.98 Å². The summed E-state index contributed by atoms with van der Waals surface area (Å²) in [5.74, 6) is 0.735. The molecule has 1 aliphatic carbocycles. The number of nitrogens with one attached hydrogen (secondary N) is 1. The highest BCUT2D eigenvalue weighted by molar-refractivity contribution is 7.13. The monoisotopic (exact) mass is 499 g/mol. The number of carbonyl (C=O) groups excluding carboxylic acids is 1. The van der Waals surface area contributed by atoms with Gasteiger partial charge < -0.3 is 15.0 Å². The zero-order valence-electron chi connectivity index (χ0n) is 19.4. The second-order valence-corrected chi connectivity index (χ2v) is 10.4. The number of alkyl halides is 3. The minimum Gasteiger partial charge on any atom is -0.460 e. The minimum atomic E-state index is -4.34. The van der Waals surface area contributed by atoms with Crippen molar-refractivity contribution in [3.05, 3.63) is 28.5 Å². The third-order valence-electron chi connectivity index (χ3n) is 6.63. The van der Waals surface area contributed by atoms with Crippen LogP contribution in [0.25, 0.3) is 0 Å². The maximum Gasteiger partial charge on any atom is 0.422 e. The molecule has 0 spiro atoms. The van der Waals surface area contributed by atoms with E-state index >= 15 is 0 Å². The second-order valence-electron chi connectivity index (χ2n) is 9.37. The highest BCUT2D eigenvalue weighted by Gasteiger charge is 2.30. The lowest BCUT2D eigenvalue weighted by Crippen LogP contribution is -2.39. The van der Waals surface area contributed by atoms with Crippen molar-refractivity contribution in [2.45, 2.75) is 63.6 Å². The molecule has 1 saturated carbocycles. The number of aromatic nitrogens is 3. The van der Waals surface area contributed by atoms with Gasteiger partial charge in [-0.3, -0.25) is 9.48 Å². The van der Waals surface area contributed by atoms with E-state index in [0.717, 1.165) is 80.7 Å². The molecule has 1 aliphatic heterocycles. The predicted octanol–water partition coefficient (Wildman–Crippen LogP) is 3.53. The molecule has 7 nitrogen and oxygen atoms in total. The van der Waals surface area contributed by atoms with Gasteiger partial charge in [-0.1, -0.05) is 11.3 Å². The van der Waals surface area contributed by atoms with E-state index < -0.39 is 12.8 Å². The fourth-order valence-corrected chi connectivity index (χ4v) is 5.75. The van der Waals surface area contributed by atoms with E-state index in [2.05, 4.69) is 20.3 Å². The Hall–Kier alpha value is -2.14. The smallest absolute Gasteiger partial charge is 0.422 e. The summed E-state index contributed by atoms with van der Waals surface area (Å²) in [6.07, 6.45) is 6.61. The molecule has 0 radical (unpaired) electrons. The Morgan fingerprint density at radius 1 is 1.24 bits per heavy atom. The van der Waals surface area contributed by atoms with Gasteiger partial charge in [-0.15, -0.1) is 0 Å². The largest absolute Gasteiger partial charge is 0.460 e. The van der Waals surface area contributed by atoms with Crippen LogP contribution in [-0.4, -0.2) is 64.0 Å². The Balaban J connectivity index is 1.13. The van der Waals surface area contributed by atoms with Crippen molar-refractivity contribution < 1.29 is 22.7 Å². The molecule has 11 heteroatoms. The Labute approximate surface area is 201 Å². The van der Waals surface area contributed by atoms with Crippen molar-refractivity contribution in [1.29, 1.82) is 0 Å². The van der Waals surface area contributed by atoms with Crippen LogP contribution in [0.4, 0.5) is 13.2 Å². The number of hydrogen-bond acceptors (Lipinski definition) is 6. The number of hydrogen-bond donors (Lipinski definition) is 1. The Morgan fingerprint density at radius 2 is 2.00 bits per heavy atom. The number of aryl methyl sites for hydroxylation is 1. The van der Waals surface area contributed by atoms with Gasteiger partial charge in [0, 0.05) is 43.7 Å². The number of carbonyl (C=O) groups is 1. The summed E-state index contributed by atoms with van der Waals surface area (Å²) in [7, 11) is 1.85. The van der Waals surface area contributed by atoms with Crippen molar-refractivity contribution in [2.75, 3.05) is 26.2 Å². The normalized spacial score (nSPS) is 21.6. The van der Waals surface area contributed by atoms with Gasteiger partial charge in [-0.2, -0.15) is 18.3 Å². The highest BCUT2D eigenvalue weighted by atomic mass is 32.1. The van der Waals surface area contributed by atoms with Crippen LogP contribution in [0.3, 0.4) is 0 Å². The molecule has 188 valence electrons. The third-order valence-corrected chi connectivity index (χ3v) is 7.70. The van der Waals surface area contributed by atoms with Crippen molar-refractivity contribution in [1.82, 2.24) is 25.0 Å². The van der Waals surface area contributed by atoms with Crippen LogP contribution in [0.1, 0.15) is 48.2 Å². The van der Waals surface area contributed by atoms with Gasteiger partial charge >= 0.3 is 6.18 Å². The first-order chi connectivity index (χ1) is 16.2. The van der Waals surface area contributed by atoms with E-state index in [1.165, 1.54) is 11.3 Å². The average molecular weight is 500 g/mol. The number of nitrogens with zero attached hydrogens (tertiary/aromatic N) is 4. The molecule has 2 aliphatic rings. The van der Waals surface area contributed by atoms with Crippen LogP contribution in [0.2, 0.25) is 0 Å². The fraction of sp³-hybridized carbons (Fsp3) is 0.696. The maximum atomic E-state index is 12.4. The summed E-state index contributed by atoms with van der Waals surface area (Å²) in [6.45, 7) is 1.50. The molecule has 1 N–H and O–H groups in total. The number of halogens is 3. The molecular formula is C23H32F3N5O2S. The number of fused-ring (bicyclic) bond motifs is 1. The lowest BCUT2D eigenvalue weighted by Gasteiger charge is -2.30. The lowest BCUT2D eigenvalue weighted by atomic mass is 9.84. The predicted molar refractivity (Wildman–Crippen MR) is 123 cm³/mol. The van der Waals surface area contributed by atoms with Crippen molar-refractivity contribution in [3.63, 3.8) is 0 Å². The fourth-order valence-electron chi connectivity index (χ4n) is 4.80. The summed E-state index contributed by atoms with van der Waals surface area (Å²) >= 11 is 1.24. The van der Waals surface area contributed by atoms with Crippen LogP contribution in [0.15, 0.2) is 12.4 Å². The summed E-state index contributed by atoms with van der Waals surface area (Å²) < 4.78 is 43.6. The second kappa shape index (κ2) is 11.1. The van der Waals surface area contributed by atoms with Gasteiger partial charge in [0.15, 0.2) is 6.61 Å². The van der Waals surface area contributed by atoms with E-state index in [1.54, 1.807) is 10.9 Å². The Morgan fingerprint density at radius 3 is 2.71 bits per heavy atom. The van der Waals surface area contributed by atoms with E-state index in [-0.39, 0.29) is 17.1 Å². The summed E-state index contributed by atoms with van der Waals surface area (Å²) in [5, 5.41) is 7.41. The van der Waals surface area contributed by atoms with Gasteiger partial charge in [0.05, 0.1) is 18.3 Å². The standard InChI is InChI=1S/C23H32F3N5O2S/c1-30-14-17(13-27-30)12-21(32)28-18-4-2-16(3-5-18)6-9-31-10-7-19-20(8-11-31)34-22(29-19)33-15-23(24,25)26/h13-14,16,18H,2-12,15H2,1H3,(H,28,32). The van der Waals surface area contributed by atoms with Crippen LogP contribution < -0.4 is 10.1 Å². The molecule has 2 aromatic heterocycles. The molecule has 0 saturated heterocycles. The zero-order valence-corrected chi connectivity index (χ0v) is 20.3. The van der Waals surface area contributed by atoms with Gasteiger partial charge in [0.2, 0.25) is 5.91 Å². The van der Waals surface area contributed by atoms with E-state index in [0.29, 0.717) is 12.3 Å². The van der Waals surface area contributed by atoms with Gasteiger partial charge in [0.25, 0.3) is 5.19 Å². The molecule has 1 amide bonds. The molecule has 0 aromatic carbocycles. The van der Waals surface area contributed by atoms with Gasteiger partial charge in [-0.05, 0) is 56.6 Å². The molecule has 34 heavy (non-hydrogen) atoms. The first-order valence-electron chi connectivity index (χ1n) is 11.9. The Kier molecular flexibility index (Phi) is 8.13. The SMILES string of the molecule is Cn1cc(CC(=O)NC2CCC(CCN3CCc4nc(OCC(F)(F)F)sc4CC3)CC2)cn1. The topological polar surface area (TPSA) is 72.3 Å². The molecular weight excluding hydrogens is 467 g/mol. The van der Waals surface area contributed by atoms with Crippen molar-refractivity contribution in [2.24, 2.45) is 13.0 Å². The maximum absolute atomic E-state index is 12.4. The Bertz CT molecular complexity index is 927. The molecule has 0 bridgehead atoms. The highest BCUT2D eigenvalue weighted by Crippen LogP contribution is 2.31. The minimum absolute atomic E-state index is 0.0639. The van der Waals surface area contributed by atoms with Crippen LogP contribution in [0.5, 0.6) is 5.19 Å². The first kappa shape index (κ1) is 25.0. The number of rotatable bonds is 8. The summed E-state index contributed by atoms with van der Waals surface area (Å²) in [5.41, 5.74) is 1.81. The average Bonchev–Trinajstić information content (AvgIpc) is 3.32. The lowest BCUT2D eigenvalue weighted by molar-refractivity contribution is -0.153.